The largest absolute Gasteiger partial charge is 0.377 e. The first-order valence-corrected chi connectivity index (χ1v) is 8.22. The van der Waals surface area contributed by atoms with Crippen LogP contribution in [0.4, 0.5) is 5.69 Å². The third-order valence-corrected chi connectivity index (χ3v) is 4.46. The molecule has 1 aliphatic rings. The highest BCUT2D eigenvalue weighted by atomic mass is 15.1. The maximum Gasteiger partial charge on any atom is 0.109 e. The van der Waals surface area contributed by atoms with E-state index in [0.717, 1.165) is 30.0 Å². The van der Waals surface area contributed by atoms with Gasteiger partial charge in [0.25, 0.3) is 0 Å². The number of aromatic nitrogens is 4. The molecule has 0 spiro atoms. The number of aromatic amines is 1. The molecule has 1 aromatic carbocycles. The first-order chi connectivity index (χ1) is 11.3. The van der Waals surface area contributed by atoms with Crippen molar-refractivity contribution in [3.8, 4) is 11.3 Å². The van der Waals surface area contributed by atoms with Gasteiger partial charge in [0.05, 0.1) is 17.4 Å². The molecule has 5 heteroatoms. The first kappa shape index (κ1) is 14.1. The van der Waals surface area contributed by atoms with Crippen LogP contribution in [0.15, 0.2) is 42.7 Å². The highest BCUT2D eigenvalue weighted by Gasteiger charge is 2.13. The fourth-order valence-electron chi connectivity index (χ4n) is 3.12. The summed E-state index contributed by atoms with van der Waals surface area (Å²) in [6.45, 7) is 3.22. The monoisotopic (exact) mass is 307 g/mol. The Morgan fingerprint density at radius 2 is 2.04 bits per heavy atom. The molecule has 0 fully saturated rings. The van der Waals surface area contributed by atoms with Gasteiger partial charge in [-0.15, -0.1) is 0 Å². The van der Waals surface area contributed by atoms with Crippen molar-refractivity contribution in [3.63, 3.8) is 0 Å². The minimum absolute atomic E-state index is 0.197. The number of hydrogen-bond acceptors (Lipinski definition) is 3. The third kappa shape index (κ3) is 2.86. The van der Waals surface area contributed by atoms with E-state index in [1.54, 1.807) is 6.20 Å². The number of hydrogen-bond donors (Lipinski definition) is 2. The Morgan fingerprint density at radius 3 is 2.78 bits per heavy atom. The molecule has 4 rings (SSSR count). The maximum absolute atomic E-state index is 4.78. The Morgan fingerprint density at radius 1 is 1.17 bits per heavy atom. The standard InChI is InChI=1S/C18H21N5/c1-13(16-9-10-19-22-16)20-15-7-5-14(6-8-15)17-12-23-11-3-2-4-18(23)21-17/h5-10,12-13,20H,2-4,11H2,1H3,(H,19,22). The summed E-state index contributed by atoms with van der Waals surface area (Å²) in [7, 11) is 0. The summed E-state index contributed by atoms with van der Waals surface area (Å²) in [4.78, 5) is 4.78. The quantitative estimate of drug-likeness (QED) is 0.771. The van der Waals surface area contributed by atoms with Crippen LogP contribution >= 0.6 is 0 Å². The molecule has 0 aliphatic carbocycles. The summed E-state index contributed by atoms with van der Waals surface area (Å²) in [6.07, 6.45) is 7.57. The summed E-state index contributed by atoms with van der Waals surface area (Å²) in [6, 6.07) is 10.7. The highest BCUT2D eigenvalue weighted by molar-refractivity contribution is 5.62. The number of H-pyrrole nitrogens is 1. The molecule has 0 saturated heterocycles. The zero-order chi connectivity index (χ0) is 15.6. The average Bonchev–Trinajstić information content (AvgIpc) is 3.25. The van der Waals surface area contributed by atoms with E-state index in [4.69, 9.17) is 4.98 Å². The first-order valence-electron chi connectivity index (χ1n) is 8.22. The zero-order valence-corrected chi connectivity index (χ0v) is 13.3. The molecule has 0 bridgehead atoms. The highest BCUT2D eigenvalue weighted by Crippen LogP contribution is 2.25. The lowest BCUT2D eigenvalue weighted by atomic mass is 10.1. The molecule has 1 unspecified atom stereocenters. The molecule has 0 amide bonds. The van der Waals surface area contributed by atoms with Crippen LogP contribution in [-0.2, 0) is 13.0 Å². The van der Waals surface area contributed by atoms with E-state index in [1.807, 2.05) is 6.07 Å². The van der Waals surface area contributed by atoms with Crippen LogP contribution < -0.4 is 5.32 Å². The van der Waals surface area contributed by atoms with Gasteiger partial charge in [-0.1, -0.05) is 12.1 Å². The van der Waals surface area contributed by atoms with E-state index >= 15 is 0 Å². The number of anilines is 1. The maximum atomic E-state index is 4.78. The number of rotatable bonds is 4. The molecular weight excluding hydrogens is 286 g/mol. The number of nitrogens with zero attached hydrogens (tertiary/aromatic N) is 3. The second kappa shape index (κ2) is 5.91. The minimum atomic E-state index is 0.197. The van der Waals surface area contributed by atoms with Crippen molar-refractivity contribution in [1.82, 2.24) is 19.7 Å². The Kier molecular flexibility index (Phi) is 3.61. The summed E-state index contributed by atoms with van der Waals surface area (Å²) in [5.74, 6) is 1.22. The summed E-state index contributed by atoms with van der Waals surface area (Å²) in [5.41, 5.74) is 4.43. The van der Waals surface area contributed by atoms with Crippen LogP contribution in [0.25, 0.3) is 11.3 Å². The fourth-order valence-corrected chi connectivity index (χ4v) is 3.12. The second-order valence-corrected chi connectivity index (χ2v) is 6.15. The van der Waals surface area contributed by atoms with E-state index in [9.17, 15) is 0 Å². The number of aryl methyl sites for hydroxylation is 2. The van der Waals surface area contributed by atoms with Gasteiger partial charge in [0.2, 0.25) is 0 Å². The van der Waals surface area contributed by atoms with Gasteiger partial charge < -0.3 is 9.88 Å². The molecule has 0 radical (unpaired) electrons. The van der Waals surface area contributed by atoms with Crippen LogP contribution in [0.3, 0.4) is 0 Å². The molecule has 1 atom stereocenters. The molecule has 1 aliphatic heterocycles. The molecule has 23 heavy (non-hydrogen) atoms. The van der Waals surface area contributed by atoms with Gasteiger partial charge in [-0.3, -0.25) is 5.10 Å². The normalized spacial score (nSPS) is 15.2. The van der Waals surface area contributed by atoms with E-state index in [1.165, 1.54) is 24.2 Å². The number of fused-ring (bicyclic) bond motifs is 1. The van der Waals surface area contributed by atoms with Crippen LogP contribution in [0, 0.1) is 0 Å². The molecule has 5 nitrogen and oxygen atoms in total. The number of benzene rings is 1. The van der Waals surface area contributed by atoms with Crippen LogP contribution in [0.5, 0.6) is 0 Å². The third-order valence-electron chi connectivity index (χ3n) is 4.46. The van der Waals surface area contributed by atoms with E-state index in [-0.39, 0.29) is 6.04 Å². The molecule has 0 saturated carbocycles. The van der Waals surface area contributed by atoms with Crippen LogP contribution in [0.2, 0.25) is 0 Å². The smallest absolute Gasteiger partial charge is 0.109 e. The van der Waals surface area contributed by atoms with Gasteiger partial charge in [0, 0.05) is 36.6 Å². The summed E-state index contributed by atoms with van der Waals surface area (Å²) in [5, 5.41) is 10.5. The lowest BCUT2D eigenvalue weighted by Gasteiger charge is -2.13. The molecule has 3 heterocycles. The number of nitrogens with one attached hydrogen (secondary N) is 2. The average molecular weight is 307 g/mol. The van der Waals surface area contributed by atoms with Crippen molar-refractivity contribution >= 4 is 5.69 Å². The second-order valence-electron chi connectivity index (χ2n) is 6.15. The fraction of sp³-hybridized carbons (Fsp3) is 0.333. The lowest BCUT2D eigenvalue weighted by Crippen LogP contribution is -2.08. The van der Waals surface area contributed by atoms with Gasteiger partial charge in [0.15, 0.2) is 0 Å². The van der Waals surface area contributed by atoms with E-state index in [2.05, 4.69) is 57.5 Å². The Bertz CT molecular complexity index is 747. The molecule has 3 aromatic rings. The molecule has 2 N–H and O–H groups in total. The van der Waals surface area contributed by atoms with Gasteiger partial charge >= 0.3 is 0 Å². The van der Waals surface area contributed by atoms with Gasteiger partial charge in [-0.25, -0.2) is 4.98 Å². The molecule has 118 valence electrons. The zero-order valence-electron chi connectivity index (χ0n) is 13.3. The van der Waals surface area contributed by atoms with Crippen molar-refractivity contribution in [2.45, 2.75) is 38.8 Å². The van der Waals surface area contributed by atoms with E-state index in [0.29, 0.717) is 0 Å². The van der Waals surface area contributed by atoms with Crippen LogP contribution in [-0.4, -0.2) is 19.7 Å². The Balaban J connectivity index is 1.50. The van der Waals surface area contributed by atoms with Crippen molar-refractivity contribution in [2.24, 2.45) is 0 Å². The number of imidazole rings is 1. The predicted molar refractivity (Wildman–Crippen MR) is 91.2 cm³/mol. The molecule has 2 aromatic heterocycles. The lowest BCUT2D eigenvalue weighted by molar-refractivity contribution is 0.522. The SMILES string of the molecule is CC(Nc1ccc(-c2cn3c(n2)CCCC3)cc1)c1ccn[nH]1. The van der Waals surface area contributed by atoms with Crippen LogP contribution in [0.1, 0.15) is 37.3 Å². The van der Waals surface area contributed by atoms with Gasteiger partial charge in [-0.05, 0) is 38.0 Å². The van der Waals surface area contributed by atoms with Crippen molar-refractivity contribution in [2.75, 3.05) is 5.32 Å². The Labute approximate surface area is 135 Å². The van der Waals surface area contributed by atoms with Gasteiger partial charge in [-0.2, -0.15) is 5.10 Å². The predicted octanol–water partition coefficient (Wildman–Crippen LogP) is 3.78. The summed E-state index contributed by atoms with van der Waals surface area (Å²) < 4.78 is 2.30. The van der Waals surface area contributed by atoms with Crippen molar-refractivity contribution in [3.05, 3.63) is 54.2 Å². The van der Waals surface area contributed by atoms with Gasteiger partial charge in [0.1, 0.15) is 5.82 Å². The summed E-state index contributed by atoms with van der Waals surface area (Å²) >= 11 is 0. The topological polar surface area (TPSA) is 58.5 Å². The van der Waals surface area contributed by atoms with Crippen molar-refractivity contribution in [1.29, 1.82) is 0 Å². The molecular formula is C18H21N5. The Hall–Kier alpha value is -2.56. The van der Waals surface area contributed by atoms with E-state index < -0.39 is 0 Å². The van der Waals surface area contributed by atoms with Crippen molar-refractivity contribution < 1.29 is 0 Å². The minimum Gasteiger partial charge on any atom is -0.377 e.